The summed E-state index contributed by atoms with van der Waals surface area (Å²) < 4.78 is 49.0. The molecule has 0 amide bonds. The van der Waals surface area contributed by atoms with Crippen LogP contribution >= 0.6 is 27.5 Å². The van der Waals surface area contributed by atoms with Gasteiger partial charge in [0.1, 0.15) is 17.8 Å². The van der Waals surface area contributed by atoms with Gasteiger partial charge in [0.15, 0.2) is 0 Å². The van der Waals surface area contributed by atoms with E-state index in [1.165, 1.54) is 18.5 Å². The molecule has 0 fully saturated rings. The predicted molar refractivity (Wildman–Crippen MR) is 60.8 cm³/mol. The quantitative estimate of drug-likeness (QED) is 0.847. The molecule has 9 heteroatoms. The summed E-state index contributed by atoms with van der Waals surface area (Å²) in [6.07, 6.45) is -3.42. The minimum Gasteiger partial charge on any atom is -0.430 e. The largest absolute Gasteiger partial charge is 0.573 e. The number of hydrogen-bond acceptors (Lipinski definition) is 5. The number of aromatic nitrogens is 2. The van der Waals surface area contributed by atoms with Crippen LogP contribution < -0.4 is 9.47 Å². The fraction of sp³-hybridized carbons (Fsp3) is 0.111. The predicted octanol–water partition coefficient (Wildman–Crippen LogP) is 3.99. The van der Waals surface area contributed by atoms with Crippen molar-refractivity contribution in [2.45, 2.75) is 6.36 Å². The Morgan fingerprint density at radius 3 is 2.61 bits per heavy atom. The summed E-state index contributed by atoms with van der Waals surface area (Å²) in [6.45, 7) is 0. The number of nitrogens with zero attached hydrogens (tertiary/aromatic N) is 2. The lowest BCUT2D eigenvalue weighted by molar-refractivity contribution is -0.274. The van der Waals surface area contributed by atoms with Crippen LogP contribution in [-0.4, -0.2) is 15.7 Å². The third kappa shape index (κ3) is 3.57. The molecule has 0 N–H and O–H groups in total. The molecule has 0 unspecified atom stereocenters. The summed E-state index contributed by atoms with van der Waals surface area (Å²) in [4.78, 5) is 3.78. The average Bonchev–Trinajstić information content (AvgIpc) is 2.73. The van der Waals surface area contributed by atoms with Gasteiger partial charge >= 0.3 is 6.36 Å². The molecule has 0 atom stereocenters. The first kappa shape index (κ1) is 13.1. The summed E-state index contributed by atoms with van der Waals surface area (Å²) in [6, 6.07) is 3.84. The van der Waals surface area contributed by atoms with E-state index in [1.54, 1.807) is 0 Å². The third-order valence-corrected chi connectivity index (χ3v) is 2.84. The van der Waals surface area contributed by atoms with Gasteiger partial charge in [-0.3, -0.25) is 0 Å². The molecule has 0 bridgehead atoms. The van der Waals surface area contributed by atoms with Gasteiger partial charge in [0.2, 0.25) is 0 Å². The number of halogens is 4. The molecule has 2 aromatic rings. The number of rotatable bonds is 3. The fourth-order valence-corrected chi connectivity index (χ4v) is 1.91. The molecule has 1 aromatic heterocycles. The molecule has 0 saturated heterocycles. The van der Waals surface area contributed by atoms with E-state index in [-0.39, 0.29) is 10.2 Å². The van der Waals surface area contributed by atoms with Gasteiger partial charge < -0.3 is 9.47 Å². The van der Waals surface area contributed by atoms with E-state index < -0.39 is 6.36 Å². The first-order valence-corrected chi connectivity index (χ1v) is 6.00. The van der Waals surface area contributed by atoms with Crippen LogP contribution in [0.4, 0.5) is 13.2 Å². The van der Waals surface area contributed by atoms with Crippen molar-refractivity contribution in [3.8, 4) is 16.7 Å². The second-order valence-corrected chi connectivity index (χ2v) is 4.55. The van der Waals surface area contributed by atoms with Gasteiger partial charge in [-0.25, -0.2) is 0 Å². The summed E-state index contributed by atoms with van der Waals surface area (Å²) in [5, 5.41) is 0.298. The summed E-state index contributed by atoms with van der Waals surface area (Å²) in [5.41, 5.74) is 0. The minimum atomic E-state index is -4.73. The van der Waals surface area contributed by atoms with E-state index in [0.717, 1.165) is 17.6 Å². The van der Waals surface area contributed by atoms with Crippen LogP contribution in [0.1, 0.15) is 0 Å². The lowest BCUT2D eigenvalue weighted by Gasteiger charge is -2.11. The molecule has 1 aromatic carbocycles. The van der Waals surface area contributed by atoms with Gasteiger partial charge in [0, 0.05) is 11.5 Å². The maximum Gasteiger partial charge on any atom is 0.573 e. The number of ether oxygens (including phenoxy) is 2. The van der Waals surface area contributed by atoms with Crippen LogP contribution in [0.2, 0.25) is 0 Å². The van der Waals surface area contributed by atoms with Gasteiger partial charge in [-0.05, 0) is 34.1 Å². The monoisotopic (exact) mass is 340 g/mol. The smallest absolute Gasteiger partial charge is 0.430 e. The van der Waals surface area contributed by atoms with Crippen molar-refractivity contribution in [3.63, 3.8) is 0 Å². The summed E-state index contributed by atoms with van der Waals surface area (Å²) in [5.74, 6) is -0.0136. The van der Waals surface area contributed by atoms with E-state index in [1.807, 2.05) is 0 Å². The topological polar surface area (TPSA) is 44.2 Å². The average molecular weight is 341 g/mol. The van der Waals surface area contributed by atoms with Gasteiger partial charge in [-0.2, -0.15) is 9.36 Å². The fourth-order valence-electron chi connectivity index (χ4n) is 1.06. The highest BCUT2D eigenvalue weighted by Crippen LogP contribution is 2.34. The van der Waals surface area contributed by atoms with Crippen LogP contribution in [0, 0.1) is 0 Å². The molecule has 0 radical (unpaired) electrons. The van der Waals surface area contributed by atoms with Crippen molar-refractivity contribution >= 4 is 27.5 Å². The van der Waals surface area contributed by atoms with Gasteiger partial charge in [0.25, 0.3) is 5.19 Å². The first-order chi connectivity index (χ1) is 8.44. The molecule has 0 aliphatic heterocycles. The van der Waals surface area contributed by atoms with Crippen molar-refractivity contribution in [1.82, 2.24) is 9.36 Å². The van der Waals surface area contributed by atoms with Crippen molar-refractivity contribution in [1.29, 1.82) is 0 Å². The molecule has 18 heavy (non-hydrogen) atoms. The van der Waals surface area contributed by atoms with Gasteiger partial charge in [-0.15, -0.1) is 13.2 Å². The zero-order valence-electron chi connectivity index (χ0n) is 8.44. The molecule has 0 aliphatic carbocycles. The normalized spacial score (nSPS) is 11.3. The van der Waals surface area contributed by atoms with E-state index in [0.29, 0.717) is 10.9 Å². The molecule has 0 aliphatic rings. The van der Waals surface area contributed by atoms with Gasteiger partial charge in [-0.1, -0.05) is 0 Å². The van der Waals surface area contributed by atoms with E-state index in [2.05, 4.69) is 30.0 Å². The van der Waals surface area contributed by atoms with Crippen molar-refractivity contribution in [3.05, 3.63) is 29.0 Å². The summed E-state index contributed by atoms with van der Waals surface area (Å²) >= 11 is 3.99. The second-order valence-electron chi connectivity index (χ2n) is 2.95. The molecule has 96 valence electrons. The maximum absolute atomic E-state index is 12.0. The lowest BCUT2D eigenvalue weighted by atomic mass is 10.3. The van der Waals surface area contributed by atoms with Crippen LogP contribution in [0.5, 0.6) is 16.7 Å². The highest BCUT2D eigenvalue weighted by molar-refractivity contribution is 9.10. The molecule has 0 saturated carbocycles. The summed E-state index contributed by atoms with van der Waals surface area (Å²) in [7, 11) is 0. The van der Waals surface area contributed by atoms with Crippen LogP contribution in [-0.2, 0) is 0 Å². The van der Waals surface area contributed by atoms with Crippen molar-refractivity contribution in [2.75, 3.05) is 0 Å². The Bertz CT molecular complexity index is 533. The van der Waals surface area contributed by atoms with Crippen LogP contribution in [0.15, 0.2) is 29.0 Å². The highest BCUT2D eigenvalue weighted by atomic mass is 79.9. The minimum absolute atomic E-state index is 0.127. The number of alkyl halides is 3. The van der Waals surface area contributed by atoms with E-state index in [4.69, 9.17) is 4.74 Å². The molecule has 1 heterocycles. The molecule has 2 rings (SSSR count). The second kappa shape index (κ2) is 5.11. The standard InChI is InChI=1S/C9H4BrF3N2O2S/c10-6-3-5(16-8-14-4-15-18-8)1-2-7(6)17-9(11,12)13/h1-4H. The Labute approximate surface area is 112 Å². The van der Waals surface area contributed by atoms with Crippen molar-refractivity contribution < 1.29 is 22.6 Å². The van der Waals surface area contributed by atoms with Crippen LogP contribution in [0.3, 0.4) is 0 Å². The number of hydrogen-bond donors (Lipinski definition) is 0. The third-order valence-electron chi connectivity index (χ3n) is 1.68. The molecular weight excluding hydrogens is 337 g/mol. The Hall–Kier alpha value is -1.35. The molecule has 4 nitrogen and oxygen atoms in total. The molecular formula is C9H4BrF3N2O2S. The SMILES string of the molecule is FC(F)(F)Oc1ccc(Oc2ncns2)cc1Br. The van der Waals surface area contributed by atoms with Crippen LogP contribution in [0.25, 0.3) is 0 Å². The zero-order chi connectivity index (χ0) is 13.2. The Balaban J connectivity index is 2.14. The lowest BCUT2D eigenvalue weighted by Crippen LogP contribution is -2.17. The van der Waals surface area contributed by atoms with Gasteiger partial charge in [0.05, 0.1) is 4.47 Å². The number of benzene rings is 1. The van der Waals surface area contributed by atoms with E-state index in [9.17, 15) is 13.2 Å². The Morgan fingerprint density at radius 2 is 2.06 bits per heavy atom. The maximum atomic E-state index is 12.0. The molecule has 0 spiro atoms. The Morgan fingerprint density at radius 1 is 1.28 bits per heavy atom. The zero-order valence-corrected chi connectivity index (χ0v) is 10.8. The Kier molecular flexibility index (Phi) is 3.71. The first-order valence-electron chi connectivity index (χ1n) is 4.44. The van der Waals surface area contributed by atoms with E-state index >= 15 is 0 Å². The highest BCUT2D eigenvalue weighted by Gasteiger charge is 2.32. The van der Waals surface area contributed by atoms with Crippen molar-refractivity contribution in [2.24, 2.45) is 0 Å².